The summed E-state index contributed by atoms with van der Waals surface area (Å²) in [7, 11) is 0. The summed E-state index contributed by atoms with van der Waals surface area (Å²) in [5.74, 6) is -0.533. The van der Waals surface area contributed by atoms with Gasteiger partial charge >= 0.3 is 5.97 Å². The van der Waals surface area contributed by atoms with Crippen molar-refractivity contribution in [2.75, 3.05) is 17.2 Å². The molecule has 0 saturated carbocycles. The van der Waals surface area contributed by atoms with Crippen molar-refractivity contribution in [1.29, 1.82) is 5.26 Å². The molecule has 0 saturated heterocycles. The molecule has 0 aliphatic heterocycles. The Morgan fingerprint density at radius 1 is 1.10 bits per heavy atom. The van der Waals surface area contributed by atoms with E-state index in [1.165, 1.54) is 12.1 Å². The van der Waals surface area contributed by atoms with Crippen molar-refractivity contribution in [3.8, 4) is 6.07 Å². The van der Waals surface area contributed by atoms with Crippen LogP contribution in [-0.4, -0.2) is 18.5 Å². The third-order valence-corrected chi connectivity index (χ3v) is 4.13. The summed E-state index contributed by atoms with van der Waals surface area (Å²) in [6, 6.07) is 16.8. The molecule has 29 heavy (non-hydrogen) atoms. The van der Waals surface area contributed by atoms with Crippen LogP contribution in [0.25, 0.3) is 0 Å². The molecule has 0 fully saturated rings. The summed E-state index contributed by atoms with van der Waals surface area (Å²) in [6.07, 6.45) is 1.56. The number of esters is 1. The maximum atomic E-state index is 12.4. The Hall–Kier alpha value is -3.76. The fourth-order valence-electron chi connectivity index (χ4n) is 2.52. The zero-order chi connectivity index (χ0) is 20.6. The lowest BCUT2D eigenvalue weighted by Crippen LogP contribution is -2.22. The predicted molar refractivity (Wildman–Crippen MR) is 108 cm³/mol. The van der Waals surface area contributed by atoms with Crippen LogP contribution in [0.4, 0.5) is 11.4 Å². The van der Waals surface area contributed by atoms with E-state index in [0.717, 1.165) is 0 Å². The minimum Gasteiger partial charge on any atom is -0.467 e. The number of anilines is 2. The highest BCUT2D eigenvalue weighted by atomic mass is 35.5. The van der Waals surface area contributed by atoms with Gasteiger partial charge < -0.3 is 19.8 Å². The molecule has 0 atom stereocenters. The number of hydrogen-bond acceptors (Lipinski definition) is 6. The van der Waals surface area contributed by atoms with Crippen LogP contribution in [0.1, 0.15) is 21.7 Å². The Labute approximate surface area is 171 Å². The van der Waals surface area contributed by atoms with E-state index in [9.17, 15) is 9.59 Å². The van der Waals surface area contributed by atoms with E-state index < -0.39 is 18.5 Å². The smallest absolute Gasteiger partial charge is 0.340 e. The van der Waals surface area contributed by atoms with Crippen LogP contribution in [-0.2, 0) is 16.1 Å². The second-order valence-corrected chi connectivity index (χ2v) is 6.34. The highest BCUT2D eigenvalue weighted by Crippen LogP contribution is 2.21. The molecule has 0 spiro atoms. The van der Waals surface area contributed by atoms with Gasteiger partial charge in [-0.1, -0.05) is 23.7 Å². The van der Waals surface area contributed by atoms with Crippen molar-refractivity contribution in [2.24, 2.45) is 0 Å². The highest BCUT2D eigenvalue weighted by Gasteiger charge is 2.15. The molecule has 3 aromatic rings. The summed E-state index contributed by atoms with van der Waals surface area (Å²) < 4.78 is 10.4. The molecule has 7 nitrogen and oxygen atoms in total. The predicted octanol–water partition coefficient (Wildman–Crippen LogP) is 4.21. The Morgan fingerprint density at radius 3 is 2.69 bits per heavy atom. The summed E-state index contributed by atoms with van der Waals surface area (Å²) in [5.41, 5.74) is 1.34. The standard InChI is InChI=1S/C21H16ClN3O4/c22-15-8-7-14(11-23)19(10-15)25-20(26)13-29-21(27)17-5-1-2-6-18(17)24-12-16-4-3-9-28-16/h1-10,24H,12-13H2,(H,25,26). The zero-order valence-electron chi connectivity index (χ0n) is 15.1. The first-order valence-electron chi connectivity index (χ1n) is 8.58. The fourth-order valence-corrected chi connectivity index (χ4v) is 2.70. The number of ether oxygens (including phenoxy) is 1. The number of carbonyl (C=O) groups is 2. The van der Waals surface area contributed by atoms with Crippen LogP contribution in [0.15, 0.2) is 65.3 Å². The summed E-state index contributed by atoms with van der Waals surface area (Å²) in [5, 5.41) is 15.1. The van der Waals surface area contributed by atoms with Crippen molar-refractivity contribution in [1.82, 2.24) is 0 Å². The molecule has 1 aromatic heterocycles. The summed E-state index contributed by atoms with van der Waals surface area (Å²) >= 11 is 5.89. The number of carbonyl (C=O) groups excluding carboxylic acids is 2. The van der Waals surface area contributed by atoms with E-state index in [1.807, 2.05) is 12.1 Å². The van der Waals surface area contributed by atoms with Gasteiger partial charge in [0.15, 0.2) is 6.61 Å². The Kier molecular flexibility index (Phi) is 6.51. The molecule has 0 unspecified atom stereocenters. The van der Waals surface area contributed by atoms with Crippen LogP contribution in [0.5, 0.6) is 0 Å². The molecule has 1 heterocycles. The van der Waals surface area contributed by atoms with Crippen molar-refractivity contribution in [3.05, 3.63) is 82.8 Å². The van der Waals surface area contributed by atoms with Crippen molar-refractivity contribution in [3.63, 3.8) is 0 Å². The molecule has 8 heteroatoms. The van der Waals surface area contributed by atoms with E-state index in [-0.39, 0.29) is 16.8 Å². The largest absolute Gasteiger partial charge is 0.467 e. The first kappa shape index (κ1) is 20.0. The van der Waals surface area contributed by atoms with Crippen LogP contribution in [0.2, 0.25) is 5.02 Å². The van der Waals surface area contributed by atoms with Crippen molar-refractivity contribution in [2.45, 2.75) is 6.54 Å². The number of nitrogens with zero attached hydrogens (tertiary/aromatic N) is 1. The summed E-state index contributed by atoms with van der Waals surface area (Å²) in [4.78, 5) is 24.5. The topological polar surface area (TPSA) is 104 Å². The second kappa shape index (κ2) is 9.44. The average molecular weight is 410 g/mol. The van der Waals surface area contributed by atoms with Crippen LogP contribution in [0, 0.1) is 11.3 Å². The fraction of sp³-hybridized carbons (Fsp3) is 0.0952. The van der Waals surface area contributed by atoms with E-state index in [4.69, 9.17) is 26.0 Å². The van der Waals surface area contributed by atoms with Gasteiger partial charge in [0.05, 0.1) is 29.6 Å². The Bertz CT molecular complexity index is 1060. The number of halogens is 1. The van der Waals surface area contributed by atoms with Gasteiger partial charge in [0.1, 0.15) is 11.8 Å². The van der Waals surface area contributed by atoms with Gasteiger partial charge in [-0.3, -0.25) is 4.79 Å². The van der Waals surface area contributed by atoms with Crippen LogP contribution >= 0.6 is 11.6 Å². The molecule has 3 rings (SSSR count). The molecule has 146 valence electrons. The average Bonchev–Trinajstić information content (AvgIpc) is 3.24. The van der Waals surface area contributed by atoms with Gasteiger partial charge in [0.2, 0.25) is 0 Å². The van der Waals surface area contributed by atoms with E-state index in [0.29, 0.717) is 23.0 Å². The quantitative estimate of drug-likeness (QED) is 0.566. The van der Waals surface area contributed by atoms with Gasteiger partial charge in [-0.2, -0.15) is 5.26 Å². The van der Waals surface area contributed by atoms with E-state index >= 15 is 0 Å². The lowest BCUT2D eigenvalue weighted by molar-refractivity contribution is -0.119. The van der Waals surface area contributed by atoms with Gasteiger partial charge in [-0.05, 0) is 42.5 Å². The van der Waals surface area contributed by atoms with Crippen LogP contribution in [0.3, 0.4) is 0 Å². The number of furan rings is 1. The first-order valence-corrected chi connectivity index (χ1v) is 8.96. The van der Waals surface area contributed by atoms with Gasteiger partial charge in [0, 0.05) is 10.7 Å². The minimum atomic E-state index is -0.658. The Balaban J connectivity index is 1.60. The maximum Gasteiger partial charge on any atom is 0.340 e. The molecule has 0 aliphatic carbocycles. The lowest BCUT2D eigenvalue weighted by atomic mass is 10.2. The number of amides is 1. The molecule has 2 aromatic carbocycles. The number of nitriles is 1. The van der Waals surface area contributed by atoms with Gasteiger partial charge in [0.25, 0.3) is 5.91 Å². The molecule has 1 amide bonds. The molecule has 0 radical (unpaired) electrons. The van der Waals surface area contributed by atoms with E-state index in [1.54, 1.807) is 42.7 Å². The van der Waals surface area contributed by atoms with Crippen molar-refractivity contribution >= 4 is 34.9 Å². The van der Waals surface area contributed by atoms with Crippen molar-refractivity contribution < 1.29 is 18.7 Å². The molecule has 0 bridgehead atoms. The molecular weight excluding hydrogens is 394 g/mol. The molecule has 0 aliphatic rings. The summed E-state index contributed by atoms with van der Waals surface area (Å²) in [6.45, 7) is -0.119. The second-order valence-electron chi connectivity index (χ2n) is 5.90. The van der Waals surface area contributed by atoms with Crippen LogP contribution < -0.4 is 10.6 Å². The molecule has 2 N–H and O–H groups in total. The SMILES string of the molecule is N#Cc1ccc(Cl)cc1NC(=O)COC(=O)c1ccccc1NCc1ccco1. The van der Waals surface area contributed by atoms with Gasteiger partial charge in [-0.15, -0.1) is 0 Å². The Morgan fingerprint density at radius 2 is 1.93 bits per heavy atom. The minimum absolute atomic E-state index is 0.251. The third kappa shape index (κ3) is 5.37. The lowest BCUT2D eigenvalue weighted by Gasteiger charge is -2.11. The number of para-hydroxylation sites is 1. The maximum absolute atomic E-state index is 12.4. The normalized spacial score (nSPS) is 10.1. The number of hydrogen-bond donors (Lipinski definition) is 2. The number of benzene rings is 2. The molecular formula is C21H16ClN3O4. The van der Waals surface area contributed by atoms with E-state index in [2.05, 4.69) is 10.6 Å². The zero-order valence-corrected chi connectivity index (χ0v) is 15.9. The number of rotatable bonds is 7. The highest BCUT2D eigenvalue weighted by molar-refractivity contribution is 6.31. The monoisotopic (exact) mass is 409 g/mol. The third-order valence-electron chi connectivity index (χ3n) is 3.89. The number of nitrogens with one attached hydrogen (secondary N) is 2. The first-order chi connectivity index (χ1) is 14.1. The van der Waals surface area contributed by atoms with Gasteiger partial charge in [-0.25, -0.2) is 4.79 Å².